The number of rotatable bonds is 4. The largest absolute Gasteiger partial charge is 0.349 e. The van der Waals surface area contributed by atoms with E-state index in [1.165, 1.54) is 5.56 Å². The Kier molecular flexibility index (Phi) is 2.54. The third kappa shape index (κ3) is 1.90. The predicted octanol–water partition coefficient (Wildman–Crippen LogP) is 2.76. The number of hydrogen-bond donors (Lipinski definition) is 1. The highest BCUT2D eigenvalue weighted by molar-refractivity contribution is 9.09. The molecule has 0 unspecified atom stereocenters. The molecule has 1 aromatic rings. The maximum atomic E-state index is 12.4. The van der Waals surface area contributed by atoms with Crippen LogP contribution in [0.25, 0.3) is 0 Å². The van der Waals surface area contributed by atoms with Crippen molar-refractivity contribution in [2.45, 2.75) is 36.6 Å². The first-order chi connectivity index (χ1) is 8.21. The van der Waals surface area contributed by atoms with E-state index in [0.717, 1.165) is 31.0 Å². The van der Waals surface area contributed by atoms with Crippen molar-refractivity contribution in [1.82, 2.24) is 5.32 Å². The van der Waals surface area contributed by atoms with Crippen molar-refractivity contribution in [2.24, 2.45) is 0 Å². The molecule has 17 heavy (non-hydrogen) atoms. The van der Waals surface area contributed by atoms with Crippen LogP contribution >= 0.6 is 15.9 Å². The van der Waals surface area contributed by atoms with E-state index in [2.05, 4.69) is 33.4 Å². The van der Waals surface area contributed by atoms with Crippen LogP contribution in [0.1, 0.15) is 31.2 Å². The van der Waals surface area contributed by atoms with E-state index in [1.54, 1.807) is 0 Å². The fourth-order valence-corrected chi connectivity index (χ4v) is 3.03. The minimum absolute atomic E-state index is 0.0570. The van der Waals surface area contributed by atoms with Crippen LogP contribution in [-0.4, -0.2) is 16.8 Å². The van der Waals surface area contributed by atoms with Gasteiger partial charge in [0, 0.05) is 10.9 Å². The molecular weight excluding hydrogens is 278 g/mol. The molecule has 1 N–H and O–H groups in total. The van der Waals surface area contributed by atoms with Gasteiger partial charge in [0.05, 0.1) is 5.41 Å². The molecule has 2 nitrogen and oxygen atoms in total. The Morgan fingerprint density at radius 3 is 2.29 bits per heavy atom. The standard InChI is InChI=1S/C14H16BrNO/c15-10-13(6-7-13)16-12(17)14(8-9-14)11-4-2-1-3-5-11/h1-5H,6-10H2,(H,16,17). The molecule has 0 saturated heterocycles. The molecule has 0 bridgehead atoms. The van der Waals surface area contributed by atoms with Gasteiger partial charge in [-0.25, -0.2) is 0 Å². The van der Waals surface area contributed by atoms with E-state index in [9.17, 15) is 4.79 Å². The molecule has 2 aliphatic rings. The Labute approximate surface area is 110 Å². The molecular formula is C14H16BrNO. The molecule has 3 heteroatoms. The SMILES string of the molecule is O=C(NC1(CBr)CC1)C1(c2ccccc2)CC1. The van der Waals surface area contributed by atoms with Crippen LogP contribution in [0.15, 0.2) is 30.3 Å². The van der Waals surface area contributed by atoms with Gasteiger partial charge in [0.2, 0.25) is 5.91 Å². The van der Waals surface area contributed by atoms with Gasteiger partial charge < -0.3 is 5.32 Å². The highest BCUT2D eigenvalue weighted by atomic mass is 79.9. The summed E-state index contributed by atoms with van der Waals surface area (Å²) in [5, 5.41) is 4.10. The van der Waals surface area contributed by atoms with E-state index < -0.39 is 0 Å². The zero-order valence-corrected chi connectivity index (χ0v) is 11.3. The van der Waals surface area contributed by atoms with Gasteiger partial charge in [0.25, 0.3) is 0 Å². The lowest BCUT2D eigenvalue weighted by Crippen LogP contribution is -2.44. The van der Waals surface area contributed by atoms with Gasteiger partial charge in [-0.15, -0.1) is 0 Å². The number of hydrogen-bond acceptors (Lipinski definition) is 1. The molecule has 0 radical (unpaired) electrons. The van der Waals surface area contributed by atoms with Gasteiger partial charge in [-0.05, 0) is 31.2 Å². The Balaban J connectivity index is 1.78. The summed E-state index contributed by atoms with van der Waals surface area (Å²) in [6.45, 7) is 0. The van der Waals surface area contributed by atoms with E-state index in [-0.39, 0.29) is 16.9 Å². The van der Waals surface area contributed by atoms with Gasteiger partial charge >= 0.3 is 0 Å². The van der Waals surface area contributed by atoms with Gasteiger partial charge in [-0.1, -0.05) is 46.3 Å². The second-order valence-corrected chi connectivity index (χ2v) is 5.88. The van der Waals surface area contributed by atoms with Crippen LogP contribution in [0.4, 0.5) is 0 Å². The Morgan fingerprint density at radius 1 is 1.18 bits per heavy atom. The molecule has 2 aliphatic carbocycles. The summed E-state index contributed by atoms with van der Waals surface area (Å²) < 4.78 is 0. The lowest BCUT2D eigenvalue weighted by atomic mass is 9.94. The maximum Gasteiger partial charge on any atom is 0.231 e. The van der Waals surface area contributed by atoms with Crippen molar-refractivity contribution in [3.8, 4) is 0 Å². The molecule has 1 aromatic carbocycles. The lowest BCUT2D eigenvalue weighted by molar-refractivity contribution is -0.124. The molecule has 3 rings (SSSR count). The number of benzene rings is 1. The first-order valence-corrected chi connectivity index (χ1v) is 7.27. The van der Waals surface area contributed by atoms with Crippen molar-refractivity contribution >= 4 is 21.8 Å². The number of amides is 1. The molecule has 1 amide bonds. The molecule has 2 saturated carbocycles. The quantitative estimate of drug-likeness (QED) is 0.850. The molecule has 0 spiro atoms. The molecule has 0 heterocycles. The first-order valence-electron chi connectivity index (χ1n) is 6.15. The molecule has 0 aromatic heterocycles. The van der Waals surface area contributed by atoms with Crippen molar-refractivity contribution in [1.29, 1.82) is 0 Å². The van der Waals surface area contributed by atoms with Crippen LogP contribution in [0, 0.1) is 0 Å². The van der Waals surface area contributed by atoms with E-state index in [0.29, 0.717) is 0 Å². The van der Waals surface area contributed by atoms with Crippen molar-refractivity contribution in [3.05, 3.63) is 35.9 Å². The van der Waals surface area contributed by atoms with E-state index >= 15 is 0 Å². The van der Waals surface area contributed by atoms with Gasteiger partial charge in [0.1, 0.15) is 0 Å². The molecule has 2 fully saturated rings. The molecule has 90 valence electrons. The molecule has 0 aliphatic heterocycles. The van der Waals surface area contributed by atoms with Gasteiger partial charge in [0.15, 0.2) is 0 Å². The minimum Gasteiger partial charge on any atom is -0.349 e. The summed E-state index contributed by atoms with van der Waals surface area (Å²) in [5.74, 6) is 0.223. The highest BCUT2D eigenvalue weighted by Crippen LogP contribution is 2.49. The Hall–Kier alpha value is -0.830. The lowest BCUT2D eigenvalue weighted by Gasteiger charge is -2.20. The van der Waals surface area contributed by atoms with Crippen molar-refractivity contribution in [3.63, 3.8) is 0 Å². The average Bonchev–Trinajstić information content (AvgIpc) is 3.26. The number of carbonyl (C=O) groups is 1. The predicted molar refractivity (Wildman–Crippen MR) is 71.3 cm³/mol. The first kappa shape index (κ1) is 11.3. The second-order valence-electron chi connectivity index (χ2n) is 5.32. The highest BCUT2D eigenvalue weighted by Gasteiger charge is 2.54. The number of alkyl halides is 1. The van der Waals surface area contributed by atoms with E-state index in [1.807, 2.05) is 18.2 Å². The zero-order chi connectivity index (χ0) is 11.9. The van der Waals surface area contributed by atoms with Crippen LogP contribution in [-0.2, 0) is 10.2 Å². The maximum absolute atomic E-state index is 12.4. The Morgan fingerprint density at radius 2 is 1.82 bits per heavy atom. The summed E-state index contributed by atoms with van der Waals surface area (Å²) in [6, 6.07) is 10.2. The third-order valence-corrected chi connectivity index (χ3v) is 5.07. The van der Waals surface area contributed by atoms with E-state index in [4.69, 9.17) is 0 Å². The fraction of sp³-hybridized carbons (Fsp3) is 0.500. The third-order valence-electron chi connectivity index (χ3n) is 4.00. The summed E-state index contributed by atoms with van der Waals surface area (Å²) in [7, 11) is 0. The normalized spacial score (nSPS) is 22.9. The monoisotopic (exact) mass is 293 g/mol. The topological polar surface area (TPSA) is 29.1 Å². The van der Waals surface area contributed by atoms with Crippen LogP contribution in [0.3, 0.4) is 0 Å². The Bertz CT molecular complexity index is 435. The number of carbonyl (C=O) groups excluding carboxylic acids is 1. The van der Waals surface area contributed by atoms with Crippen molar-refractivity contribution in [2.75, 3.05) is 5.33 Å². The summed E-state index contributed by atoms with van der Waals surface area (Å²) >= 11 is 3.49. The van der Waals surface area contributed by atoms with Crippen molar-refractivity contribution < 1.29 is 4.79 Å². The fourth-order valence-electron chi connectivity index (χ4n) is 2.33. The zero-order valence-electron chi connectivity index (χ0n) is 9.71. The van der Waals surface area contributed by atoms with Crippen LogP contribution < -0.4 is 5.32 Å². The summed E-state index contributed by atoms with van der Waals surface area (Å²) in [6.07, 6.45) is 4.19. The average molecular weight is 294 g/mol. The smallest absolute Gasteiger partial charge is 0.231 e. The molecule has 0 atom stereocenters. The van der Waals surface area contributed by atoms with Crippen LogP contribution in [0.2, 0.25) is 0 Å². The second kappa shape index (κ2) is 3.84. The summed E-state index contributed by atoms with van der Waals surface area (Å²) in [5.41, 5.74) is 1.00. The number of halogens is 1. The van der Waals surface area contributed by atoms with Gasteiger partial charge in [-0.3, -0.25) is 4.79 Å². The van der Waals surface area contributed by atoms with Crippen LogP contribution in [0.5, 0.6) is 0 Å². The minimum atomic E-state index is -0.223. The number of nitrogens with one attached hydrogen (secondary N) is 1. The summed E-state index contributed by atoms with van der Waals surface area (Å²) in [4.78, 5) is 12.4. The van der Waals surface area contributed by atoms with Gasteiger partial charge in [-0.2, -0.15) is 0 Å².